The van der Waals surface area contributed by atoms with E-state index in [0.29, 0.717) is 13.2 Å². The van der Waals surface area contributed by atoms with Crippen molar-refractivity contribution in [2.75, 3.05) is 46.4 Å². The Morgan fingerprint density at radius 1 is 1.41 bits per heavy atom. The van der Waals surface area contributed by atoms with Crippen molar-refractivity contribution < 1.29 is 9.84 Å². The molecule has 1 saturated heterocycles. The van der Waals surface area contributed by atoms with Gasteiger partial charge in [0.05, 0.1) is 12.7 Å². The number of methoxy groups -OCH3 is 1. The topological polar surface area (TPSA) is 44.7 Å². The number of nitrogens with one attached hydrogen (secondary N) is 1. The summed E-state index contributed by atoms with van der Waals surface area (Å²) in [6.07, 6.45) is 0.984. The van der Waals surface area contributed by atoms with Crippen molar-refractivity contribution in [2.45, 2.75) is 26.4 Å². The van der Waals surface area contributed by atoms with Crippen molar-refractivity contribution in [1.82, 2.24) is 10.2 Å². The summed E-state index contributed by atoms with van der Waals surface area (Å²) in [5.41, 5.74) is 0. The molecule has 0 aliphatic carbocycles. The zero-order valence-corrected chi connectivity index (χ0v) is 11.5. The maximum Gasteiger partial charge on any atom is 0.0791 e. The fourth-order valence-electron chi connectivity index (χ4n) is 2.32. The van der Waals surface area contributed by atoms with Crippen LogP contribution in [-0.2, 0) is 4.74 Å². The quantitative estimate of drug-likeness (QED) is 0.642. The second kappa shape index (κ2) is 8.03. The van der Waals surface area contributed by atoms with Crippen LogP contribution in [0.15, 0.2) is 0 Å². The third kappa shape index (κ3) is 5.82. The number of likely N-dealkylation sites (tertiary alicyclic amines) is 1. The first-order valence-electron chi connectivity index (χ1n) is 6.73. The van der Waals surface area contributed by atoms with Crippen LogP contribution < -0.4 is 5.32 Å². The van der Waals surface area contributed by atoms with Crippen molar-refractivity contribution in [3.63, 3.8) is 0 Å². The molecule has 3 unspecified atom stereocenters. The van der Waals surface area contributed by atoms with E-state index >= 15 is 0 Å². The van der Waals surface area contributed by atoms with Crippen LogP contribution in [0.1, 0.15) is 20.3 Å². The van der Waals surface area contributed by atoms with Gasteiger partial charge in [-0.1, -0.05) is 13.8 Å². The first kappa shape index (κ1) is 14.9. The molecule has 1 aliphatic rings. The zero-order valence-electron chi connectivity index (χ0n) is 11.5. The van der Waals surface area contributed by atoms with Crippen LogP contribution in [0.4, 0.5) is 0 Å². The fourth-order valence-corrected chi connectivity index (χ4v) is 2.32. The number of aliphatic hydroxyl groups is 1. The Hall–Kier alpha value is -0.160. The number of aliphatic hydroxyl groups excluding tert-OH is 1. The molecule has 0 radical (unpaired) electrons. The molecular formula is C13H28N2O2. The number of ether oxygens (including phenoxy) is 1. The molecule has 102 valence electrons. The summed E-state index contributed by atoms with van der Waals surface area (Å²) >= 11 is 0. The standard InChI is InChI=1S/C13H28N2O2/c1-11-4-6-15(9-12(11)2)10-13(16)8-14-5-7-17-3/h11-14,16H,4-10H2,1-3H3. The summed E-state index contributed by atoms with van der Waals surface area (Å²) < 4.78 is 4.94. The number of piperidine rings is 1. The molecular weight excluding hydrogens is 216 g/mol. The van der Waals surface area contributed by atoms with Gasteiger partial charge in [0.15, 0.2) is 0 Å². The lowest BCUT2D eigenvalue weighted by Gasteiger charge is -2.36. The maximum absolute atomic E-state index is 9.91. The monoisotopic (exact) mass is 244 g/mol. The molecule has 0 spiro atoms. The molecule has 4 nitrogen and oxygen atoms in total. The minimum Gasteiger partial charge on any atom is -0.390 e. The summed E-state index contributed by atoms with van der Waals surface area (Å²) in [6.45, 7) is 9.83. The molecule has 4 heteroatoms. The Labute approximate surface area is 105 Å². The average Bonchev–Trinajstić information content (AvgIpc) is 2.30. The third-order valence-electron chi connectivity index (χ3n) is 3.75. The largest absolute Gasteiger partial charge is 0.390 e. The Bertz CT molecular complexity index is 202. The summed E-state index contributed by atoms with van der Waals surface area (Å²) in [4.78, 5) is 2.38. The van der Waals surface area contributed by atoms with Gasteiger partial charge >= 0.3 is 0 Å². The second-order valence-corrected chi connectivity index (χ2v) is 5.35. The van der Waals surface area contributed by atoms with Crippen LogP contribution >= 0.6 is 0 Å². The van der Waals surface area contributed by atoms with Crippen LogP contribution in [0.2, 0.25) is 0 Å². The number of rotatable bonds is 7. The molecule has 0 aromatic heterocycles. The number of hydrogen-bond donors (Lipinski definition) is 2. The molecule has 17 heavy (non-hydrogen) atoms. The van der Waals surface area contributed by atoms with Gasteiger partial charge in [0, 0.05) is 33.3 Å². The fraction of sp³-hybridized carbons (Fsp3) is 1.00. The predicted molar refractivity (Wildman–Crippen MR) is 70.1 cm³/mol. The number of nitrogens with zero attached hydrogens (tertiary/aromatic N) is 1. The van der Waals surface area contributed by atoms with E-state index in [1.807, 2.05) is 0 Å². The van der Waals surface area contributed by atoms with Crippen LogP contribution in [0.3, 0.4) is 0 Å². The predicted octanol–water partition coefficient (Wildman–Crippen LogP) is 0.561. The van der Waals surface area contributed by atoms with E-state index in [-0.39, 0.29) is 6.10 Å². The van der Waals surface area contributed by atoms with Crippen LogP contribution in [0.5, 0.6) is 0 Å². The molecule has 1 fully saturated rings. The van der Waals surface area contributed by atoms with E-state index in [1.54, 1.807) is 7.11 Å². The molecule has 1 aliphatic heterocycles. The summed E-state index contributed by atoms with van der Waals surface area (Å²) in [6, 6.07) is 0. The van der Waals surface area contributed by atoms with Crippen molar-refractivity contribution in [2.24, 2.45) is 11.8 Å². The van der Waals surface area contributed by atoms with Crippen molar-refractivity contribution in [3.05, 3.63) is 0 Å². The van der Waals surface area contributed by atoms with Gasteiger partial charge in [-0.05, 0) is 24.8 Å². The van der Waals surface area contributed by atoms with Crippen LogP contribution in [0, 0.1) is 11.8 Å². The lowest BCUT2D eigenvalue weighted by molar-refractivity contribution is 0.0694. The number of β-amino-alcohol motifs (C(OH)–C–C–N with tert-alkyl or cyclic N) is 1. The Balaban J connectivity index is 2.11. The molecule has 1 heterocycles. The molecule has 0 aromatic rings. The van der Waals surface area contributed by atoms with Crippen molar-refractivity contribution in [1.29, 1.82) is 0 Å². The maximum atomic E-state index is 9.91. The smallest absolute Gasteiger partial charge is 0.0791 e. The SMILES string of the molecule is COCCNCC(O)CN1CCC(C)C(C)C1. The normalized spacial score (nSPS) is 28.2. The van der Waals surface area contributed by atoms with E-state index in [1.165, 1.54) is 6.42 Å². The highest BCUT2D eigenvalue weighted by Crippen LogP contribution is 2.22. The van der Waals surface area contributed by atoms with E-state index in [9.17, 15) is 5.11 Å². The Kier molecular flexibility index (Phi) is 7.04. The van der Waals surface area contributed by atoms with Crippen LogP contribution in [-0.4, -0.2) is 62.6 Å². The van der Waals surface area contributed by atoms with Gasteiger partial charge in [0.25, 0.3) is 0 Å². The second-order valence-electron chi connectivity index (χ2n) is 5.35. The Morgan fingerprint density at radius 3 is 2.82 bits per heavy atom. The highest BCUT2D eigenvalue weighted by Gasteiger charge is 2.23. The van der Waals surface area contributed by atoms with Crippen LogP contribution in [0.25, 0.3) is 0 Å². The average molecular weight is 244 g/mol. The third-order valence-corrected chi connectivity index (χ3v) is 3.75. The summed E-state index contributed by atoms with van der Waals surface area (Å²) in [5, 5.41) is 13.1. The molecule has 0 amide bonds. The van der Waals surface area contributed by atoms with E-state index in [2.05, 4.69) is 24.1 Å². The first-order chi connectivity index (χ1) is 8.13. The van der Waals surface area contributed by atoms with Gasteiger partial charge in [0.2, 0.25) is 0 Å². The first-order valence-corrected chi connectivity index (χ1v) is 6.73. The van der Waals surface area contributed by atoms with Gasteiger partial charge in [-0.3, -0.25) is 0 Å². The van der Waals surface area contributed by atoms with Gasteiger partial charge in [0.1, 0.15) is 0 Å². The van der Waals surface area contributed by atoms with E-state index < -0.39 is 0 Å². The molecule has 1 rings (SSSR count). The zero-order chi connectivity index (χ0) is 12.7. The Morgan fingerprint density at radius 2 is 2.18 bits per heavy atom. The minimum absolute atomic E-state index is 0.271. The minimum atomic E-state index is -0.271. The van der Waals surface area contributed by atoms with Gasteiger partial charge in [-0.2, -0.15) is 0 Å². The summed E-state index contributed by atoms with van der Waals surface area (Å²) in [5.74, 6) is 1.57. The van der Waals surface area contributed by atoms with Gasteiger partial charge in [-0.15, -0.1) is 0 Å². The molecule has 2 N–H and O–H groups in total. The lowest BCUT2D eigenvalue weighted by atomic mass is 9.88. The highest BCUT2D eigenvalue weighted by atomic mass is 16.5. The van der Waals surface area contributed by atoms with Gasteiger partial charge in [-0.25, -0.2) is 0 Å². The van der Waals surface area contributed by atoms with Crippen molar-refractivity contribution >= 4 is 0 Å². The molecule has 0 aromatic carbocycles. The lowest BCUT2D eigenvalue weighted by Crippen LogP contribution is -2.44. The van der Waals surface area contributed by atoms with Gasteiger partial charge < -0.3 is 20.1 Å². The van der Waals surface area contributed by atoms with E-state index in [0.717, 1.165) is 38.0 Å². The van der Waals surface area contributed by atoms with E-state index in [4.69, 9.17) is 4.74 Å². The molecule has 0 saturated carbocycles. The highest BCUT2D eigenvalue weighted by molar-refractivity contribution is 4.77. The molecule has 3 atom stereocenters. The summed E-state index contributed by atoms with van der Waals surface area (Å²) in [7, 11) is 1.69. The molecule has 0 bridgehead atoms. The van der Waals surface area contributed by atoms with Crippen molar-refractivity contribution in [3.8, 4) is 0 Å². The number of hydrogen-bond acceptors (Lipinski definition) is 4.